The Labute approximate surface area is 163 Å². The maximum atomic E-state index is 13.1. The van der Waals surface area contributed by atoms with Crippen molar-refractivity contribution in [2.24, 2.45) is 7.05 Å². The molecule has 1 amide bonds. The summed E-state index contributed by atoms with van der Waals surface area (Å²) in [6.07, 6.45) is 1.57. The molecule has 1 saturated heterocycles. The first-order valence-corrected chi connectivity index (χ1v) is 10.7. The lowest BCUT2D eigenvalue weighted by molar-refractivity contribution is 0.0780. The van der Waals surface area contributed by atoms with Crippen LogP contribution in [0.4, 0.5) is 0 Å². The van der Waals surface area contributed by atoms with Crippen LogP contribution in [0, 0.1) is 0 Å². The van der Waals surface area contributed by atoms with Gasteiger partial charge in [-0.15, -0.1) is 0 Å². The summed E-state index contributed by atoms with van der Waals surface area (Å²) in [5, 5.41) is 3.46. The third-order valence-electron chi connectivity index (χ3n) is 5.81. The predicted molar refractivity (Wildman–Crippen MR) is 105 cm³/mol. The lowest BCUT2D eigenvalue weighted by Gasteiger charge is -2.18. The number of aryl methyl sites for hydroxylation is 1. The fraction of sp³-hybridized carbons (Fsp3) is 0.238. The molecule has 142 valence electrons. The Bertz CT molecular complexity index is 1180. The van der Waals surface area contributed by atoms with E-state index in [1.54, 1.807) is 30.3 Å². The molecule has 2 aromatic carbocycles. The summed E-state index contributed by atoms with van der Waals surface area (Å²) in [5.41, 5.74) is 3.33. The molecular weight excluding hydrogens is 374 g/mol. The van der Waals surface area contributed by atoms with Gasteiger partial charge in [-0.05, 0) is 34.9 Å². The highest BCUT2D eigenvalue weighted by molar-refractivity contribution is 7.92. The number of fused-ring (bicyclic) bond motifs is 3. The van der Waals surface area contributed by atoms with Gasteiger partial charge in [0.25, 0.3) is 5.91 Å². The second-order valence-electron chi connectivity index (χ2n) is 7.36. The molecule has 0 aliphatic carbocycles. The second-order valence-corrected chi connectivity index (χ2v) is 9.49. The van der Waals surface area contributed by atoms with E-state index in [-0.39, 0.29) is 18.4 Å². The minimum absolute atomic E-state index is 0.176. The van der Waals surface area contributed by atoms with Crippen LogP contribution in [-0.2, 0) is 16.9 Å². The number of rotatable bonds is 2. The number of sulfone groups is 1. The third kappa shape index (κ3) is 2.43. The Balaban J connectivity index is 1.53. The first kappa shape index (κ1) is 17.2. The SMILES string of the molecule is Cn1nccc1C(=O)N1C[C@H]2c3cc(-c4ccccc4)ccc3S(=O)(=O)[C@H]2C1. The van der Waals surface area contributed by atoms with E-state index in [4.69, 9.17) is 0 Å². The van der Waals surface area contributed by atoms with Gasteiger partial charge in [-0.25, -0.2) is 8.42 Å². The molecule has 3 aromatic rings. The average molecular weight is 393 g/mol. The van der Waals surface area contributed by atoms with Crippen LogP contribution in [0.2, 0.25) is 0 Å². The van der Waals surface area contributed by atoms with Crippen molar-refractivity contribution in [2.75, 3.05) is 13.1 Å². The molecule has 0 radical (unpaired) electrons. The van der Waals surface area contributed by atoms with Crippen molar-refractivity contribution >= 4 is 15.7 Å². The van der Waals surface area contributed by atoms with Gasteiger partial charge in [-0.3, -0.25) is 9.48 Å². The lowest BCUT2D eigenvalue weighted by atomic mass is 9.94. The number of benzene rings is 2. The quantitative estimate of drug-likeness (QED) is 0.671. The third-order valence-corrected chi connectivity index (χ3v) is 8.07. The molecule has 2 aliphatic heterocycles. The topological polar surface area (TPSA) is 72.3 Å². The Morgan fingerprint density at radius 2 is 1.82 bits per heavy atom. The Morgan fingerprint density at radius 3 is 2.54 bits per heavy atom. The predicted octanol–water partition coefficient (Wildman–Crippen LogP) is 2.48. The number of carbonyl (C=O) groups excluding carboxylic acids is 1. The van der Waals surface area contributed by atoms with Gasteiger partial charge in [0.05, 0.1) is 10.1 Å². The first-order chi connectivity index (χ1) is 13.5. The normalized spacial score (nSPS) is 22.1. The molecule has 2 aliphatic rings. The summed E-state index contributed by atoms with van der Waals surface area (Å²) < 4.78 is 27.7. The number of carbonyl (C=O) groups is 1. The number of hydrogen-bond acceptors (Lipinski definition) is 4. The highest BCUT2D eigenvalue weighted by atomic mass is 32.2. The molecule has 6 nitrogen and oxygen atoms in total. The minimum Gasteiger partial charge on any atom is -0.335 e. The summed E-state index contributed by atoms with van der Waals surface area (Å²) in [6, 6.07) is 17.1. The van der Waals surface area contributed by atoms with Crippen LogP contribution in [0.3, 0.4) is 0 Å². The van der Waals surface area contributed by atoms with Crippen LogP contribution in [0.15, 0.2) is 65.7 Å². The fourth-order valence-electron chi connectivity index (χ4n) is 4.37. The van der Waals surface area contributed by atoms with Gasteiger partial charge in [-0.1, -0.05) is 36.4 Å². The monoisotopic (exact) mass is 393 g/mol. The van der Waals surface area contributed by atoms with E-state index in [1.165, 1.54) is 4.68 Å². The highest BCUT2D eigenvalue weighted by Crippen LogP contribution is 2.46. The van der Waals surface area contributed by atoms with E-state index in [9.17, 15) is 13.2 Å². The number of nitrogens with zero attached hydrogens (tertiary/aromatic N) is 3. The molecule has 1 fully saturated rings. The summed E-state index contributed by atoms with van der Waals surface area (Å²) >= 11 is 0. The molecule has 0 unspecified atom stereocenters. The Morgan fingerprint density at radius 1 is 1.04 bits per heavy atom. The van der Waals surface area contributed by atoms with Gasteiger partial charge in [-0.2, -0.15) is 5.10 Å². The van der Waals surface area contributed by atoms with Crippen molar-refractivity contribution < 1.29 is 13.2 Å². The second kappa shape index (κ2) is 6.04. The molecule has 1 aromatic heterocycles. The Kier molecular flexibility index (Phi) is 3.71. The standard InChI is InChI=1S/C21H19N3O3S/c1-23-18(9-10-22-23)21(25)24-12-17-16-11-15(14-5-3-2-4-6-14)7-8-19(16)28(26,27)20(17)13-24/h2-11,17,20H,12-13H2,1H3/t17-,20-/m0/s1. The molecule has 2 atom stereocenters. The highest BCUT2D eigenvalue weighted by Gasteiger charge is 2.51. The molecule has 5 rings (SSSR count). The average Bonchev–Trinajstić information content (AvgIpc) is 3.38. The van der Waals surface area contributed by atoms with Gasteiger partial charge >= 0.3 is 0 Å². The van der Waals surface area contributed by atoms with Crippen LogP contribution in [0.1, 0.15) is 22.0 Å². The molecule has 0 bridgehead atoms. The zero-order valence-corrected chi connectivity index (χ0v) is 16.1. The number of likely N-dealkylation sites (tertiary alicyclic amines) is 1. The van der Waals surface area contributed by atoms with Crippen LogP contribution in [0.25, 0.3) is 11.1 Å². The van der Waals surface area contributed by atoms with E-state index < -0.39 is 15.1 Å². The lowest BCUT2D eigenvalue weighted by Crippen LogP contribution is -2.32. The molecule has 3 heterocycles. The van der Waals surface area contributed by atoms with Gasteiger partial charge in [0, 0.05) is 32.3 Å². The van der Waals surface area contributed by atoms with Gasteiger partial charge in [0.2, 0.25) is 0 Å². The van der Waals surface area contributed by atoms with Gasteiger partial charge in [0.1, 0.15) is 5.69 Å². The van der Waals surface area contributed by atoms with E-state index in [0.29, 0.717) is 17.1 Å². The van der Waals surface area contributed by atoms with E-state index >= 15 is 0 Å². The van der Waals surface area contributed by atoms with Crippen LogP contribution >= 0.6 is 0 Å². The first-order valence-electron chi connectivity index (χ1n) is 9.17. The zero-order chi connectivity index (χ0) is 19.5. The molecule has 0 spiro atoms. The molecular formula is C21H19N3O3S. The maximum absolute atomic E-state index is 13.1. The summed E-state index contributed by atoms with van der Waals surface area (Å²) in [7, 11) is -1.73. The minimum atomic E-state index is -3.44. The molecule has 28 heavy (non-hydrogen) atoms. The number of hydrogen-bond donors (Lipinski definition) is 0. The van der Waals surface area contributed by atoms with E-state index in [1.807, 2.05) is 42.5 Å². The summed E-state index contributed by atoms with van der Waals surface area (Å²) in [4.78, 5) is 14.9. The van der Waals surface area contributed by atoms with Gasteiger partial charge < -0.3 is 4.90 Å². The molecule has 7 heteroatoms. The van der Waals surface area contributed by atoms with Crippen molar-refractivity contribution in [3.63, 3.8) is 0 Å². The van der Waals surface area contributed by atoms with E-state index in [2.05, 4.69) is 5.10 Å². The number of aromatic nitrogens is 2. The fourth-order valence-corrected chi connectivity index (χ4v) is 6.53. The van der Waals surface area contributed by atoms with Crippen LogP contribution in [0.5, 0.6) is 0 Å². The van der Waals surface area contributed by atoms with Gasteiger partial charge in [0.15, 0.2) is 9.84 Å². The van der Waals surface area contributed by atoms with Crippen molar-refractivity contribution in [3.05, 3.63) is 72.1 Å². The van der Waals surface area contributed by atoms with Crippen LogP contribution < -0.4 is 0 Å². The zero-order valence-electron chi connectivity index (χ0n) is 15.3. The van der Waals surface area contributed by atoms with Crippen LogP contribution in [-0.4, -0.2) is 47.3 Å². The van der Waals surface area contributed by atoms with Crippen molar-refractivity contribution in [3.8, 4) is 11.1 Å². The molecule has 0 saturated carbocycles. The Hall–Kier alpha value is -2.93. The maximum Gasteiger partial charge on any atom is 0.272 e. The molecule has 0 N–H and O–H groups in total. The summed E-state index contributed by atoms with van der Waals surface area (Å²) in [5.74, 6) is -0.369. The van der Waals surface area contributed by atoms with Crippen molar-refractivity contribution in [1.29, 1.82) is 0 Å². The summed E-state index contributed by atoms with van der Waals surface area (Å²) in [6.45, 7) is 0.617. The van der Waals surface area contributed by atoms with Crippen molar-refractivity contribution in [1.82, 2.24) is 14.7 Å². The van der Waals surface area contributed by atoms with E-state index in [0.717, 1.165) is 16.7 Å². The smallest absolute Gasteiger partial charge is 0.272 e. The number of amides is 1. The largest absolute Gasteiger partial charge is 0.335 e. The van der Waals surface area contributed by atoms with Crippen molar-refractivity contribution in [2.45, 2.75) is 16.1 Å².